The molecular formula is C29H25ClFN3O4S2. The lowest BCUT2D eigenvalue weighted by Crippen LogP contribution is -2.30. The first-order valence-corrected chi connectivity index (χ1v) is 15.0. The molecule has 0 aliphatic rings. The molecule has 206 valence electrons. The molecule has 4 aromatic rings. The molecule has 4 rings (SSSR count). The summed E-state index contributed by atoms with van der Waals surface area (Å²) in [6.07, 6.45) is 0. The van der Waals surface area contributed by atoms with Crippen molar-refractivity contribution in [2.75, 3.05) is 12.3 Å². The number of rotatable bonds is 12. The zero-order valence-corrected chi connectivity index (χ0v) is 23.6. The first-order chi connectivity index (χ1) is 19.2. The molecule has 0 heterocycles. The fraction of sp³-hybridized carbons (Fsp3) is 0.138. The number of benzene rings is 4. The van der Waals surface area contributed by atoms with Crippen molar-refractivity contribution in [2.45, 2.75) is 22.9 Å². The Morgan fingerprint density at radius 3 is 2.35 bits per heavy atom. The van der Waals surface area contributed by atoms with E-state index in [2.05, 4.69) is 5.18 Å². The second-order valence-electron chi connectivity index (χ2n) is 8.79. The predicted molar refractivity (Wildman–Crippen MR) is 156 cm³/mol. The highest BCUT2D eigenvalue weighted by atomic mass is 35.5. The molecule has 4 aromatic carbocycles. The number of sulfonamides is 1. The number of nitrogens with zero attached hydrogens (tertiary/aromatic N) is 2. The van der Waals surface area contributed by atoms with Crippen LogP contribution in [0.25, 0.3) is 0 Å². The lowest BCUT2D eigenvalue weighted by atomic mass is 10.1. The number of halogens is 2. The van der Waals surface area contributed by atoms with Crippen LogP contribution in [0.3, 0.4) is 0 Å². The number of carbonyl (C=O) groups excluding carboxylic acids is 1. The number of thioether (sulfide) groups is 1. The van der Waals surface area contributed by atoms with Crippen LogP contribution in [0.4, 0.5) is 10.1 Å². The van der Waals surface area contributed by atoms with Crippen LogP contribution in [0.2, 0.25) is 5.02 Å². The Morgan fingerprint density at radius 2 is 1.65 bits per heavy atom. The van der Waals surface area contributed by atoms with Gasteiger partial charge in [0.05, 0.1) is 4.90 Å². The quantitative estimate of drug-likeness (QED) is 0.143. The number of nitrogens with one attached hydrogen (secondary N) is 1. The average molecular weight is 598 g/mol. The third-order valence-corrected chi connectivity index (χ3v) is 8.64. The third-order valence-electron chi connectivity index (χ3n) is 5.94. The number of amides is 1. The Morgan fingerprint density at radius 1 is 0.925 bits per heavy atom. The number of nitroso groups, excluding NO2 is 1. The summed E-state index contributed by atoms with van der Waals surface area (Å²) in [6.45, 7) is 1.30. The van der Waals surface area contributed by atoms with Crippen LogP contribution in [-0.2, 0) is 23.1 Å². The van der Waals surface area contributed by atoms with Gasteiger partial charge in [0.1, 0.15) is 11.5 Å². The maximum absolute atomic E-state index is 14.6. The van der Waals surface area contributed by atoms with Crippen molar-refractivity contribution >= 4 is 45.0 Å². The summed E-state index contributed by atoms with van der Waals surface area (Å²) < 4.78 is 42.2. The minimum Gasteiger partial charge on any atom is -0.294 e. The molecular weight excluding hydrogens is 573 g/mol. The highest BCUT2D eigenvalue weighted by molar-refractivity contribution is 7.99. The Bertz CT molecular complexity index is 1570. The van der Waals surface area contributed by atoms with E-state index < -0.39 is 15.9 Å². The summed E-state index contributed by atoms with van der Waals surface area (Å²) in [4.78, 5) is 26.3. The van der Waals surface area contributed by atoms with Gasteiger partial charge in [-0.15, -0.1) is 16.7 Å². The van der Waals surface area contributed by atoms with Crippen LogP contribution < -0.4 is 4.72 Å². The van der Waals surface area contributed by atoms with Crippen molar-refractivity contribution in [2.24, 2.45) is 5.18 Å². The normalized spacial score (nSPS) is 11.4. The monoisotopic (exact) mass is 597 g/mol. The van der Waals surface area contributed by atoms with Gasteiger partial charge in [-0.05, 0) is 65.3 Å². The summed E-state index contributed by atoms with van der Waals surface area (Å²) in [6, 6.07) is 26.1. The first-order valence-electron chi connectivity index (χ1n) is 12.2. The fourth-order valence-corrected chi connectivity index (χ4v) is 6.04. The molecule has 0 saturated carbocycles. The lowest BCUT2D eigenvalue weighted by molar-refractivity contribution is 0.0981. The van der Waals surface area contributed by atoms with E-state index in [1.54, 1.807) is 36.0 Å². The molecule has 1 amide bonds. The molecule has 1 N–H and O–H groups in total. The van der Waals surface area contributed by atoms with Crippen LogP contribution >= 0.6 is 23.4 Å². The van der Waals surface area contributed by atoms with Crippen LogP contribution in [0.1, 0.15) is 21.5 Å². The topological polar surface area (TPSA) is 95.9 Å². The molecule has 40 heavy (non-hydrogen) atoms. The van der Waals surface area contributed by atoms with E-state index in [0.29, 0.717) is 23.7 Å². The van der Waals surface area contributed by atoms with E-state index in [9.17, 15) is 22.5 Å². The molecule has 0 aliphatic heterocycles. The van der Waals surface area contributed by atoms with E-state index in [1.165, 1.54) is 42.5 Å². The highest BCUT2D eigenvalue weighted by Gasteiger charge is 2.20. The summed E-state index contributed by atoms with van der Waals surface area (Å²) in [5.74, 6) is -0.520. The summed E-state index contributed by atoms with van der Waals surface area (Å²) in [7, 11) is -4.17. The minimum absolute atomic E-state index is 0.00638. The van der Waals surface area contributed by atoms with Crippen LogP contribution in [0, 0.1) is 10.7 Å². The summed E-state index contributed by atoms with van der Waals surface area (Å²) in [5, 5.41) is 3.10. The Labute approximate surface area is 241 Å². The zero-order valence-electron chi connectivity index (χ0n) is 21.2. The van der Waals surface area contributed by atoms with Gasteiger partial charge in [0.25, 0.3) is 15.9 Å². The summed E-state index contributed by atoms with van der Waals surface area (Å²) in [5.41, 5.74) is 1.20. The van der Waals surface area contributed by atoms with Crippen molar-refractivity contribution in [3.63, 3.8) is 0 Å². The van der Waals surface area contributed by atoms with Gasteiger partial charge in [0.15, 0.2) is 0 Å². The minimum atomic E-state index is -4.17. The molecule has 0 atom stereocenters. The second-order valence-corrected chi connectivity index (χ2v) is 12.1. The number of hydrogen-bond donors (Lipinski definition) is 1. The van der Waals surface area contributed by atoms with Crippen molar-refractivity contribution in [1.82, 2.24) is 9.62 Å². The van der Waals surface area contributed by atoms with Crippen LogP contribution in [0.5, 0.6) is 0 Å². The molecule has 0 unspecified atom stereocenters. The zero-order chi connectivity index (χ0) is 28.5. The fourth-order valence-electron chi connectivity index (χ4n) is 3.91. The highest BCUT2D eigenvalue weighted by Crippen LogP contribution is 2.24. The van der Waals surface area contributed by atoms with E-state index in [1.807, 2.05) is 40.0 Å². The van der Waals surface area contributed by atoms with Gasteiger partial charge < -0.3 is 0 Å². The van der Waals surface area contributed by atoms with E-state index >= 15 is 0 Å². The SMILES string of the molecule is O=Nc1cccc(C(=O)NS(=O)(=O)c2ccc(CN(CCSc3ccccc3)Cc3c(F)cccc3Cl)cc2)c1. The van der Waals surface area contributed by atoms with Gasteiger partial charge in [0, 0.05) is 46.4 Å². The predicted octanol–water partition coefficient (Wildman–Crippen LogP) is 6.79. The smallest absolute Gasteiger partial charge is 0.265 e. The van der Waals surface area contributed by atoms with Crippen molar-refractivity contribution in [3.05, 3.63) is 129 Å². The maximum atomic E-state index is 14.6. The molecule has 7 nitrogen and oxygen atoms in total. The Kier molecular flexibility index (Phi) is 10.1. The molecule has 0 aromatic heterocycles. The molecule has 0 fully saturated rings. The van der Waals surface area contributed by atoms with Gasteiger partial charge in [0.2, 0.25) is 0 Å². The molecule has 0 radical (unpaired) electrons. The van der Waals surface area contributed by atoms with E-state index in [-0.39, 0.29) is 28.5 Å². The second kappa shape index (κ2) is 13.7. The third kappa shape index (κ3) is 7.98. The lowest BCUT2D eigenvalue weighted by Gasteiger charge is -2.23. The van der Waals surface area contributed by atoms with Crippen LogP contribution in [-0.4, -0.2) is 31.5 Å². The molecule has 0 spiro atoms. The average Bonchev–Trinajstić information content (AvgIpc) is 2.95. The summed E-state index contributed by atoms with van der Waals surface area (Å²) >= 11 is 7.97. The molecule has 11 heteroatoms. The largest absolute Gasteiger partial charge is 0.294 e. The van der Waals surface area contributed by atoms with Crippen molar-refractivity contribution in [3.8, 4) is 0 Å². The van der Waals surface area contributed by atoms with E-state index in [4.69, 9.17) is 11.6 Å². The van der Waals surface area contributed by atoms with Crippen molar-refractivity contribution < 1.29 is 17.6 Å². The maximum Gasteiger partial charge on any atom is 0.265 e. The molecule has 0 bridgehead atoms. The number of hydrogen-bond acceptors (Lipinski definition) is 7. The Hall–Kier alpha value is -3.57. The Balaban J connectivity index is 1.46. The van der Waals surface area contributed by atoms with E-state index in [0.717, 1.165) is 16.2 Å². The molecule has 0 saturated heterocycles. The number of carbonyl (C=O) groups is 1. The first kappa shape index (κ1) is 29.4. The van der Waals surface area contributed by atoms with Gasteiger partial charge in [-0.25, -0.2) is 17.5 Å². The van der Waals surface area contributed by atoms with Gasteiger partial charge in [-0.2, -0.15) is 0 Å². The molecule has 0 aliphatic carbocycles. The van der Waals surface area contributed by atoms with Gasteiger partial charge in [-0.3, -0.25) is 9.69 Å². The van der Waals surface area contributed by atoms with Gasteiger partial charge >= 0.3 is 0 Å². The van der Waals surface area contributed by atoms with Crippen molar-refractivity contribution in [1.29, 1.82) is 0 Å². The van der Waals surface area contributed by atoms with Crippen LogP contribution in [0.15, 0.2) is 112 Å². The van der Waals surface area contributed by atoms with Gasteiger partial charge in [-0.1, -0.05) is 54.1 Å². The standard InChI is InChI=1S/C29H25ClFN3O4S2/c30-27-10-5-11-28(31)26(27)20-34(16-17-39-24-8-2-1-3-9-24)19-21-12-14-25(15-13-21)40(37,38)33-29(35)22-6-4-7-23(18-22)32-36/h1-15,18H,16-17,19-20H2,(H,33,35).